The maximum atomic E-state index is 12.6. The van der Waals surface area contributed by atoms with Crippen LogP contribution in [0, 0.1) is 3.57 Å². The number of aromatic nitrogens is 1. The Labute approximate surface area is 167 Å². The van der Waals surface area contributed by atoms with Crippen molar-refractivity contribution in [2.45, 2.75) is 6.18 Å². The molecule has 9 heteroatoms. The number of hydrogen-bond donors (Lipinski definition) is 0. The Kier molecular flexibility index (Phi) is 5.61. The van der Waals surface area contributed by atoms with E-state index >= 15 is 0 Å². The van der Waals surface area contributed by atoms with E-state index in [1.54, 1.807) is 23.1 Å². The Morgan fingerprint density at radius 1 is 1.12 bits per heavy atom. The van der Waals surface area contributed by atoms with Gasteiger partial charge in [-0.25, -0.2) is 4.98 Å². The largest absolute Gasteiger partial charge is 0.417 e. The molecule has 1 aliphatic heterocycles. The lowest BCUT2D eigenvalue weighted by molar-refractivity contribution is -0.137. The number of hydrogen-bond acceptors (Lipinski definition) is 3. The standard InChI is InChI=1S/C17H14ClF3IN3O/c18-12-2-3-13(14(22)9-12)16(26)25-7-5-24(6-8-25)15-4-1-11(10-23-15)17(19,20)21/h1-4,9-10H,5-8H2. The molecular formula is C17H14ClF3IN3O. The molecule has 1 saturated heterocycles. The van der Waals surface area contributed by atoms with Gasteiger partial charge in [0.15, 0.2) is 0 Å². The average Bonchev–Trinajstić information content (AvgIpc) is 2.61. The summed E-state index contributed by atoms with van der Waals surface area (Å²) in [4.78, 5) is 20.2. The molecule has 138 valence electrons. The summed E-state index contributed by atoms with van der Waals surface area (Å²) in [6.45, 7) is 1.96. The van der Waals surface area contributed by atoms with Crippen molar-refractivity contribution in [1.82, 2.24) is 9.88 Å². The van der Waals surface area contributed by atoms with E-state index in [2.05, 4.69) is 27.6 Å². The van der Waals surface area contributed by atoms with Crippen LogP contribution < -0.4 is 4.90 Å². The van der Waals surface area contributed by atoms with Crippen molar-refractivity contribution >= 4 is 45.9 Å². The Balaban J connectivity index is 1.64. The molecule has 1 aromatic carbocycles. The molecule has 0 bridgehead atoms. The van der Waals surface area contributed by atoms with Crippen LogP contribution in [0.15, 0.2) is 36.5 Å². The van der Waals surface area contributed by atoms with Gasteiger partial charge in [0.05, 0.1) is 11.1 Å². The minimum Gasteiger partial charge on any atom is -0.353 e. The monoisotopic (exact) mass is 495 g/mol. The summed E-state index contributed by atoms with van der Waals surface area (Å²) < 4.78 is 38.6. The summed E-state index contributed by atoms with van der Waals surface area (Å²) in [6.07, 6.45) is -3.56. The number of halogens is 5. The van der Waals surface area contributed by atoms with E-state index in [1.807, 2.05) is 4.90 Å². The first kappa shape index (κ1) is 19.2. The molecule has 0 radical (unpaired) electrons. The fourth-order valence-corrected chi connectivity index (χ4v) is 3.81. The van der Waals surface area contributed by atoms with Gasteiger partial charge in [-0.2, -0.15) is 13.2 Å². The second kappa shape index (κ2) is 7.59. The van der Waals surface area contributed by atoms with Crippen molar-refractivity contribution in [2.24, 2.45) is 0 Å². The summed E-state index contributed by atoms with van der Waals surface area (Å²) in [6, 6.07) is 7.51. The molecule has 1 aliphatic rings. The molecule has 0 saturated carbocycles. The van der Waals surface area contributed by atoms with Crippen LogP contribution in [-0.4, -0.2) is 42.0 Å². The molecule has 1 amide bonds. The van der Waals surface area contributed by atoms with Crippen LogP contribution in [0.4, 0.5) is 19.0 Å². The number of benzene rings is 1. The number of alkyl halides is 3. The number of anilines is 1. The average molecular weight is 496 g/mol. The number of pyridine rings is 1. The van der Waals surface area contributed by atoms with E-state index in [0.29, 0.717) is 42.6 Å². The molecule has 0 aliphatic carbocycles. The van der Waals surface area contributed by atoms with Gasteiger partial charge in [0.2, 0.25) is 0 Å². The quantitative estimate of drug-likeness (QED) is 0.583. The summed E-state index contributed by atoms with van der Waals surface area (Å²) in [5, 5.41) is 0.573. The van der Waals surface area contributed by atoms with Gasteiger partial charge >= 0.3 is 6.18 Å². The van der Waals surface area contributed by atoms with E-state index in [0.717, 1.165) is 15.8 Å². The smallest absolute Gasteiger partial charge is 0.353 e. The molecule has 3 rings (SSSR count). The van der Waals surface area contributed by atoms with Gasteiger partial charge in [0.1, 0.15) is 5.82 Å². The molecule has 0 N–H and O–H groups in total. The highest BCUT2D eigenvalue weighted by Crippen LogP contribution is 2.29. The Bertz CT molecular complexity index is 806. The van der Waals surface area contributed by atoms with Crippen molar-refractivity contribution in [3.8, 4) is 0 Å². The van der Waals surface area contributed by atoms with Crippen molar-refractivity contribution in [1.29, 1.82) is 0 Å². The Hall–Kier alpha value is -1.55. The summed E-state index contributed by atoms with van der Waals surface area (Å²) in [7, 11) is 0. The molecule has 0 spiro atoms. The van der Waals surface area contributed by atoms with Crippen LogP contribution in [0.1, 0.15) is 15.9 Å². The first-order chi connectivity index (χ1) is 12.3. The number of amides is 1. The third-order valence-electron chi connectivity index (χ3n) is 4.13. The molecule has 4 nitrogen and oxygen atoms in total. The SMILES string of the molecule is O=C(c1ccc(Cl)cc1I)N1CCN(c2ccc(C(F)(F)F)cn2)CC1. The predicted octanol–water partition coefficient (Wildman–Crippen LogP) is 4.32. The number of nitrogens with zero attached hydrogens (tertiary/aromatic N) is 3. The van der Waals surface area contributed by atoms with Crippen molar-refractivity contribution in [3.05, 3.63) is 56.2 Å². The number of carbonyl (C=O) groups excluding carboxylic acids is 1. The molecule has 0 atom stereocenters. The second-order valence-electron chi connectivity index (χ2n) is 5.81. The van der Waals surface area contributed by atoms with Gasteiger partial charge < -0.3 is 9.80 Å². The van der Waals surface area contributed by atoms with Crippen LogP contribution >= 0.6 is 34.2 Å². The van der Waals surface area contributed by atoms with Crippen molar-refractivity contribution in [2.75, 3.05) is 31.1 Å². The summed E-state index contributed by atoms with van der Waals surface area (Å²) in [5.41, 5.74) is -0.177. The normalized spacial score (nSPS) is 15.3. The van der Waals surface area contributed by atoms with Crippen LogP contribution in [0.3, 0.4) is 0 Å². The summed E-state index contributed by atoms with van der Waals surface area (Å²) in [5.74, 6) is 0.400. The molecule has 26 heavy (non-hydrogen) atoms. The lowest BCUT2D eigenvalue weighted by atomic mass is 10.2. The van der Waals surface area contributed by atoms with Gasteiger partial charge in [0, 0.05) is 41.0 Å². The van der Waals surface area contributed by atoms with E-state index in [-0.39, 0.29) is 5.91 Å². The van der Waals surface area contributed by atoms with Crippen LogP contribution in [0.25, 0.3) is 0 Å². The number of piperazine rings is 1. The third kappa shape index (κ3) is 4.22. The van der Waals surface area contributed by atoms with Gasteiger partial charge in [-0.3, -0.25) is 4.79 Å². The number of carbonyl (C=O) groups is 1. The molecule has 2 heterocycles. The first-order valence-corrected chi connectivity index (χ1v) is 9.24. The minimum atomic E-state index is -4.40. The van der Waals surface area contributed by atoms with Crippen molar-refractivity contribution in [3.63, 3.8) is 0 Å². The topological polar surface area (TPSA) is 36.4 Å². The molecule has 0 unspecified atom stereocenters. The van der Waals surface area contributed by atoms with Gasteiger partial charge in [-0.05, 0) is 52.9 Å². The fraction of sp³-hybridized carbons (Fsp3) is 0.294. The van der Waals surface area contributed by atoms with E-state index in [9.17, 15) is 18.0 Å². The van der Waals surface area contributed by atoms with E-state index < -0.39 is 11.7 Å². The lowest BCUT2D eigenvalue weighted by Crippen LogP contribution is -2.49. The predicted molar refractivity (Wildman–Crippen MR) is 102 cm³/mol. The number of rotatable bonds is 2. The zero-order valence-electron chi connectivity index (χ0n) is 13.4. The van der Waals surface area contributed by atoms with Crippen LogP contribution in [0.2, 0.25) is 5.02 Å². The molecule has 1 aromatic heterocycles. The zero-order valence-corrected chi connectivity index (χ0v) is 16.3. The highest BCUT2D eigenvalue weighted by Gasteiger charge is 2.31. The molecule has 1 fully saturated rings. The molecule has 2 aromatic rings. The maximum absolute atomic E-state index is 12.6. The summed E-state index contributed by atoms with van der Waals surface area (Å²) >= 11 is 8.00. The zero-order chi connectivity index (χ0) is 18.9. The maximum Gasteiger partial charge on any atom is 0.417 e. The van der Waals surface area contributed by atoms with E-state index in [1.165, 1.54) is 6.07 Å². The van der Waals surface area contributed by atoms with E-state index in [4.69, 9.17) is 11.6 Å². The minimum absolute atomic E-state index is 0.0777. The Morgan fingerprint density at radius 2 is 1.81 bits per heavy atom. The lowest BCUT2D eigenvalue weighted by Gasteiger charge is -2.35. The van der Waals surface area contributed by atoms with Gasteiger partial charge in [-0.1, -0.05) is 11.6 Å². The molecular weight excluding hydrogens is 482 g/mol. The first-order valence-electron chi connectivity index (χ1n) is 7.78. The van der Waals surface area contributed by atoms with Crippen molar-refractivity contribution < 1.29 is 18.0 Å². The van der Waals surface area contributed by atoms with Gasteiger partial charge in [0.25, 0.3) is 5.91 Å². The second-order valence-corrected chi connectivity index (χ2v) is 7.40. The Morgan fingerprint density at radius 3 is 2.35 bits per heavy atom. The highest BCUT2D eigenvalue weighted by atomic mass is 127. The fourth-order valence-electron chi connectivity index (χ4n) is 2.71. The van der Waals surface area contributed by atoms with Crippen LogP contribution in [-0.2, 0) is 6.18 Å². The van der Waals surface area contributed by atoms with Crippen LogP contribution in [0.5, 0.6) is 0 Å². The van der Waals surface area contributed by atoms with Gasteiger partial charge in [-0.15, -0.1) is 0 Å². The highest BCUT2D eigenvalue weighted by molar-refractivity contribution is 14.1. The third-order valence-corrected chi connectivity index (χ3v) is 5.26.